The van der Waals surface area contributed by atoms with E-state index in [4.69, 9.17) is 4.42 Å². The molecule has 10 rings (SSSR count). The highest BCUT2D eigenvalue weighted by Crippen LogP contribution is 2.46. The summed E-state index contributed by atoms with van der Waals surface area (Å²) >= 11 is 1.85. The Kier molecular flexibility index (Phi) is 5.45. The minimum atomic E-state index is 0.881. The van der Waals surface area contributed by atoms with Crippen molar-refractivity contribution in [2.75, 3.05) is 4.90 Å². The normalized spacial score (nSPS) is 11.9. The van der Waals surface area contributed by atoms with E-state index in [2.05, 4.69) is 161 Å². The van der Waals surface area contributed by atoms with E-state index in [0.717, 1.165) is 44.7 Å². The fourth-order valence-electron chi connectivity index (χ4n) is 7.18. The number of para-hydroxylation sites is 3. The molecule has 0 atom stereocenters. The number of nitrogens with zero attached hydrogens (tertiary/aromatic N) is 2. The number of hydrogen-bond donors (Lipinski definition) is 0. The maximum Gasteiger partial charge on any atom is 0.137 e. The molecule has 0 aliphatic carbocycles. The highest BCUT2D eigenvalue weighted by molar-refractivity contribution is 7.25. The average Bonchev–Trinajstić information content (AvgIpc) is 3.78. The van der Waals surface area contributed by atoms with E-state index in [1.807, 2.05) is 17.4 Å². The predicted octanol–water partition coefficient (Wildman–Crippen LogP) is 12.5. The lowest BCUT2D eigenvalue weighted by molar-refractivity contribution is 0.669. The molecule has 0 fully saturated rings. The molecule has 0 saturated heterocycles. The second kappa shape index (κ2) is 9.83. The Labute approximate surface area is 268 Å². The smallest absolute Gasteiger partial charge is 0.137 e. The van der Waals surface area contributed by atoms with Gasteiger partial charge in [-0.3, -0.25) is 0 Å². The first kappa shape index (κ1) is 25.5. The van der Waals surface area contributed by atoms with Gasteiger partial charge in [0.15, 0.2) is 0 Å². The van der Waals surface area contributed by atoms with E-state index >= 15 is 0 Å². The van der Waals surface area contributed by atoms with Crippen molar-refractivity contribution in [3.8, 4) is 5.69 Å². The molecule has 0 aliphatic rings. The Hall–Kier alpha value is -5.84. The molecule has 0 amide bonds. The van der Waals surface area contributed by atoms with Crippen LogP contribution in [0.15, 0.2) is 162 Å². The molecule has 0 radical (unpaired) electrons. The van der Waals surface area contributed by atoms with Gasteiger partial charge in [0.05, 0.1) is 22.1 Å². The van der Waals surface area contributed by atoms with E-state index in [-0.39, 0.29) is 0 Å². The molecule has 3 nitrogen and oxygen atoms in total. The lowest BCUT2D eigenvalue weighted by atomic mass is 10.1. The minimum absolute atomic E-state index is 0.881. The molecule has 216 valence electrons. The Morgan fingerprint density at radius 2 is 1.11 bits per heavy atom. The summed E-state index contributed by atoms with van der Waals surface area (Å²) in [4.78, 5) is 2.40. The first-order valence-corrected chi connectivity index (χ1v) is 16.3. The summed E-state index contributed by atoms with van der Waals surface area (Å²) in [6.45, 7) is 0. The zero-order valence-electron chi connectivity index (χ0n) is 24.7. The molecule has 3 aromatic heterocycles. The molecule has 0 spiro atoms. The van der Waals surface area contributed by atoms with Crippen LogP contribution < -0.4 is 4.90 Å². The van der Waals surface area contributed by atoms with Gasteiger partial charge in [0, 0.05) is 53.4 Å². The van der Waals surface area contributed by atoms with E-state index in [1.54, 1.807) is 0 Å². The second-order valence-electron chi connectivity index (χ2n) is 11.8. The Morgan fingerprint density at radius 1 is 0.457 bits per heavy atom. The van der Waals surface area contributed by atoms with Crippen molar-refractivity contribution in [3.05, 3.63) is 158 Å². The van der Waals surface area contributed by atoms with Gasteiger partial charge >= 0.3 is 0 Å². The fraction of sp³-hybridized carbons (Fsp3) is 0. The molecule has 0 aliphatic heterocycles. The average molecular weight is 607 g/mol. The van der Waals surface area contributed by atoms with E-state index < -0.39 is 0 Å². The number of hydrogen-bond acceptors (Lipinski definition) is 3. The quantitative estimate of drug-likeness (QED) is 0.199. The third-order valence-corrected chi connectivity index (χ3v) is 10.3. The van der Waals surface area contributed by atoms with Gasteiger partial charge in [0.2, 0.25) is 0 Å². The van der Waals surface area contributed by atoms with Crippen LogP contribution >= 0.6 is 11.3 Å². The summed E-state index contributed by atoms with van der Waals surface area (Å²) in [6, 6.07) is 56.5. The summed E-state index contributed by atoms with van der Waals surface area (Å²) in [6.07, 6.45) is 0. The van der Waals surface area contributed by atoms with Crippen LogP contribution in [0.3, 0.4) is 0 Å². The number of fused-ring (bicyclic) bond motifs is 9. The lowest BCUT2D eigenvalue weighted by Crippen LogP contribution is -2.10. The largest absolute Gasteiger partial charge is 0.456 e. The molecule has 46 heavy (non-hydrogen) atoms. The molecule has 0 bridgehead atoms. The van der Waals surface area contributed by atoms with Gasteiger partial charge in [-0.2, -0.15) is 0 Å². The third kappa shape index (κ3) is 3.71. The maximum atomic E-state index is 6.38. The first-order chi connectivity index (χ1) is 22.8. The Morgan fingerprint density at radius 3 is 2.00 bits per heavy atom. The van der Waals surface area contributed by atoms with E-state index in [0.29, 0.717) is 0 Å². The molecular formula is C42H26N2OS. The maximum absolute atomic E-state index is 6.38. The standard InChI is InChI=1S/C42H26N2OS/c1-2-11-27(12-3-1)44-35-16-7-4-13-30(35)31-23-21-28(25-37(31)44)43(29-22-24-33-32-14-6-9-20-40(32)46-41(33)26-29)36-17-10-19-39-42(36)34-15-5-8-18-38(34)45-39/h1-26H. The van der Waals surface area contributed by atoms with Crippen LogP contribution in [-0.2, 0) is 0 Å². The number of thiophene rings is 1. The summed E-state index contributed by atoms with van der Waals surface area (Å²) in [5.74, 6) is 0. The van der Waals surface area contributed by atoms with Crippen LogP contribution in [0.2, 0.25) is 0 Å². The highest BCUT2D eigenvalue weighted by atomic mass is 32.1. The van der Waals surface area contributed by atoms with E-state index in [1.165, 1.54) is 42.0 Å². The summed E-state index contributed by atoms with van der Waals surface area (Å²) < 4.78 is 11.3. The molecule has 0 saturated carbocycles. The van der Waals surface area contributed by atoms with Crippen molar-refractivity contribution < 1.29 is 4.42 Å². The molecule has 0 unspecified atom stereocenters. The van der Waals surface area contributed by atoms with Crippen LogP contribution in [-0.4, -0.2) is 4.57 Å². The van der Waals surface area contributed by atoms with Crippen molar-refractivity contribution in [2.24, 2.45) is 0 Å². The van der Waals surface area contributed by atoms with Crippen molar-refractivity contribution in [1.29, 1.82) is 0 Å². The molecule has 4 heteroatoms. The van der Waals surface area contributed by atoms with Gasteiger partial charge < -0.3 is 13.9 Å². The lowest BCUT2D eigenvalue weighted by Gasteiger charge is -2.26. The summed E-state index contributed by atoms with van der Waals surface area (Å²) in [5.41, 5.74) is 8.57. The van der Waals surface area contributed by atoms with Gasteiger partial charge in [0.25, 0.3) is 0 Å². The Bertz CT molecular complexity index is 2770. The van der Waals surface area contributed by atoms with E-state index in [9.17, 15) is 0 Å². The Balaban J connectivity index is 1.29. The molecule has 10 aromatic rings. The minimum Gasteiger partial charge on any atom is -0.456 e. The summed E-state index contributed by atoms with van der Waals surface area (Å²) in [7, 11) is 0. The van der Waals surface area contributed by atoms with Crippen molar-refractivity contribution in [3.63, 3.8) is 0 Å². The topological polar surface area (TPSA) is 21.3 Å². The van der Waals surface area contributed by atoms with Crippen LogP contribution in [0.1, 0.15) is 0 Å². The molecule has 0 N–H and O–H groups in total. The van der Waals surface area contributed by atoms with Crippen LogP contribution in [0.25, 0.3) is 69.6 Å². The van der Waals surface area contributed by atoms with Crippen LogP contribution in [0.4, 0.5) is 17.1 Å². The highest BCUT2D eigenvalue weighted by Gasteiger charge is 2.22. The summed E-state index contributed by atoms with van der Waals surface area (Å²) in [5, 5.41) is 7.29. The molecule has 3 heterocycles. The van der Waals surface area contributed by atoms with Gasteiger partial charge in [-0.25, -0.2) is 0 Å². The zero-order chi connectivity index (χ0) is 30.2. The molecule has 7 aromatic carbocycles. The van der Waals surface area contributed by atoms with Crippen molar-refractivity contribution >= 4 is 92.3 Å². The number of benzene rings is 7. The van der Waals surface area contributed by atoms with Gasteiger partial charge in [-0.1, -0.05) is 91.0 Å². The number of anilines is 3. The number of aromatic nitrogens is 1. The zero-order valence-corrected chi connectivity index (χ0v) is 25.5. The van der Waals surface area contributed by atoms with Gasteiger partial charge in [-0.05, 0) is 66.7 Å². The first-order valence-electron chi connectivity index (χ1n) is 15.5. The third-order valence-electron chi connectivity index (χ3n) is 9.17. The van der Waals surface area contributed by atoms with Crippen molar-refractivity contribution in [2.45, 2.75) is 0 Å². The van der Waals surface area contributed by atoms with Crippen LogP contribution in [0, 0.1) is 0 Å². The fourth-order valence-corrected chi connectivity index (χ4v) is 8.32. The van der Waals surface area contributed by atoms with Gasteiger partial charge in [0.1, 0.15) is 11.2 Å². The second-order valence-corrected chi connectivity index (χ2v) is 12.8. The number of furan rings is 1. The van der Waals surface area contributed by atoms with Crippen LogP contribution in [0.5, 0.6) is 0 Å². The predicted molar refractivity (Wildman–Crippen MR) is 196 cm³/mol. The SMILES string of the molecule is c1ccc(-n2c3ccccc3c3ccc(N(c4ccc5c(c4)sc4ccccc45)c4cccc5oc6ccccc6c45)cc32)cc1. The van der Waals surface area contributed by atoms with Gasteiger partial charge in [-0.15, -0.1) is 11.3 Å². The van der Waals surface area contributed by atoms with Crippen molar-refractivity contribution in [1.82, 2.24) is 4.57 Å². The number of rotatable bonds is 4. The monoisotopic (exact) mass is 606 g/mol. The molecular weight excluding hydrogens is 581 g/mol.